The van der Waals surface area contributed by atoms with E-state index in [-0.39, 0.29) is 5.96 Å². The lowest BCUT2D eigenvalue weighted by atomic mass is 10.0. The number of hydrazone groups is 1. The van der Waals surface area contributed by atoms with E-state index in [1.165, 1.54) is 23.5 Å². The number of aryl methyl sites for hydroxylation is 1. The van der Waals surface area contributed by atoms with Crippen molar-refractivity contribution >= 4 is 34.4 Å². The van der Waals surface area contributed by atoms with Gasteiger partial charge < -0.3 is 11.5 Å². The lowest BCUT2D eigenvalue weighted by Gasteiger charge is -2.08. The van der Waals surface area contributed by atoms with E-state index in [0.29, 0.717) is 16.4 Å². The van der Waals surface area contributed by atoms with E-state index in [2.05, 4.69) is 25.7 Å². The second-order valence-corrected chi connectivity index (χ2v) is 7.71. The highest BCUT2D eigenvalue weighted by Crippen LogP contribution is 2.31. The SMILES string of the molecule is CC(=NN=C(N)N)c1sc(NN=Cc2ccc(-c3ccc(C(F)(F)F)cc3)cc2)nc1C. The van der Waals surface area contributed by atoms with Crippen LogP contribution in [0.15, 0.2) is 63.8 Å². The maximum Gasteiger partial charge on any atom is 0.416 e. The Kier molecular flexibility index (Phi) is 6.89. The number of hydrogen-bond acceptors (Lipinski definition) is 6. The van der Waals surface area contributed by atoms with Crippen molar-refractivity contribution in [1.82, 2.24) is 4.98 Å². The van der Waals surface area contributed by atoms with E-state index in [0.717, 1.165) is 33.8 Å². The van der Waals surface area contributed by atoms with Crippen LogP contribution in [0, 0.1) is 6.92 Å². The molecule has 0 bridgehead atoms. The van der Waals surface area contributed by atoms with Crippen molar-refractivity contribution in [3.8, 4) is 11.1 Å². The summed E-state index contributed by atoms with van der Waals surface area (Å²) in [6.07, 6.45) is -2.73. The summed E-state index contributed by atoms with van der Waals surface area (Å²) in [5.41, 5.74) is 16.5. The van der Waals surface area contributed by atoms with Gasteiger partial charge in [-0.1, -0.05) is 47.7 Å². The van der Waals surface area contributed by atoms with Gasteiger partial charge in [0, 0.05) is 0 Å². The molecule has 0 fully saturated rings. The van der Waals surface area contributed by atoms with Crippen molar-refractivity contribution < 1.29 is 13.2 Å². The Hall–Kier alpha value is -3.73. The Morgan fingerprint density at radius 3 is 2.16 bits per heavy atom. The maximum absolute atomic E-state index is 12.7. The average Bonchev–Trinajstić information content (AvgIpc) is 3.12. The number of nitrogens with zero attached hydrogens (tertiary/aromatic N) is 4. The number of hydrogen-bond donors (Lipinski definition) is 3. The molecule has 0 radical (unpaired) electrons. The molecule has 0 spiro atoms. The summed E-state index contributed by atoms with van der Waals surface area (Å²) in [6.45, 7) is 3.62. The molecule has 3 rings (SSSR count). The fraction of sp³-hybridized carbons (Fsp3) is 0.143. The molecule has 32 heavy (non-hydrogen) atoms. The predicted octanol–water partition coefficient (Wildman–Crippen LogP) is 4.58. The smallest absolute Gasteiger partial charge is 0.369 e. The zero-order chi connectivity index (χ0) is 23.3. The maximum atomic E-state index is 12.7. The minimum atomic E-state index is -4.35. The Morgan fingerprint density at radius 1 is 1.00 bits per heavy atom. The molecule has 166 valence electrons. The molecule has 0 unspecified atom stereocenters. The molecule has 0 aliphatic carbocycles. The summed E-state index contributed by atoms with van der Waals surface area (Å²) in [7, 11) is 0. The van der Waals surface area contributed by atoms with Crippen molar-refractivity contribution in [3.05, 3.63) is 70.2 Å². The zero-order valence-corrected chi connectivity index (χ0v) is 18.0. The van der Waals surface area contributed by atoms with Gasteiger partial charge in [0.2, 0.25) is 11.1 Å². The van der Waals surface area contributed by atoms with Gasteiger partial charge in [-0.2, -0.15) is 23.4 Å². The quantitative estimate of drug-likeness (QED) is 0.284. The summed E-state index contributed by atoms with van der Waals surface area (Å²) >= 11 is 1.36. The summed E-state index contributed by atoms with van der Waals surface area (Å²) in [4.78, 5) is 5.22. The van der Waals surface area contributed by atoms with E-state index >= 15 is 0 Å². The van der Waals surface area contributed by atoms with Crippen molar-refractivity contribution in [2.75, 3.05) is 5.43 Å². The number of aromatic nitrogens is 1. The van der Waals surface area contributed by atoms with Crippen LogP contribution in [0.2, 0.25) is 0 Å². The van der Waals surface area contributed by atoms with Crippen molar-refractivity contribution in [2.45, 2.75) is 20.0 Å². The van der Waals surface area contributed by atoms with Gasteiger partial charge >= 0.3 is 6.18 Å². The molecule has 0 amide bonds. The van der Waals surface area contributed by atoms with Crippen LogP contribution in [-0.2, 0) is 6.18 Å². The Morgan fingerprint density at radius 2 is 1.59 bits per heavy atom. The van der Waals surface area contributed by atoms with Crippen molar-refractivity contribution in [3.63, 3.8) is 0 Å². The standard InChI is InChI=1S/C21H20F3N7S/c1-12-18(13(2)29-30-19(25)26)32-20(28-12)31-27-11-14-3-5-15(6-4-14)16-7-9-17(10-8-16)21(22,23)24/h3-11H,1-2H3,(H,28,31)(H4,25,26,30). The number of guanidine groups is 1. The van der Waals surface area contributed by atoms with Crippen LogP contribution < -0.4 is 16.9 Å². The number of alkyl halides is 3. The van der Waals surface area contributed by atoms with E-state index in [1.54, 1.807) is 13.1 Å². The molecule has 0 aliphatic heterocycles. The highest BCUT2D eigenvalue weighted by molar-refractivity contribution is 7.17. The van der Waals surface area contributed by atoms with Gasteiger partial charge in [-0.05, 0) is 42.7 Å². The monoisotopic (exact) mass is 459 g/mol. The average molecular weight is 460 g/mol. The van der Waals surface area contributed by atoms with Gasteiger partial charge in [0.15, 0.2) is 0 Å². The highest BCUT2D eigenvalue weighted by Gasteiger charge is 2.29. The largest absolute Gasteiger partial charge is 0.416 e. The molecule has 7 nitrogen and oxygen atoms in total. The summed E-state index contributed by atoms with van der Waals surface area (Å²) < 4.78 is 38.1. The topological polar surface area (TPSA) is 114 Å². The van der Waals surface area contributed by atoms with E-state index < -0.39 is 11.7 Å². The molecule has 0 saturated heterocycles. The number of rotatable bonds is 6. The molecule has 1 heterocycles. The minimum Gasteiger partial charge on any atom is -0.369 e. The Bertz CT molecular complexity index is 1160. The molecule has 3 aromatic rings. The first kappa shape index (κ1) is 22.9. The molecular weight excluding hydrogens is 439 g/mol. The normalized spacial score (nSPS) is 12.2. The molecular formula is C21H20F3N7S. The highest BCUT2D eigenvalue weighted by atomic mass is 32.1. The van der Waals surface area contributed by atoms with Gasteiger partial charge in [-0.3, -0.25) is 5.43 Å². The summed E-state index contributed by atoms with van der Waals surface area (Å²) in [6, 6.07) is 12.3. The number of nitrogens with one attached hydrogen (secondary N) is 1. The van der Waals surface area contributed by atoms with Crippen LogP contribution in [-0.4, -0.2) is 22.9 Å². The Balaban J connectivity index is 1.65. The number of halogens is 3. The third kappa shape index (κ3) is 5.91. The Labute approximate surface area is 186 Å². The summed E-state index contributed by atoms with van der Waals surface area (Å²) in [5.74, 6) is -0.126. The minimum absolute atomic E-state index is 0.126. The van der Waals surface area contributed by atoms with Gasteiger partial charge in [-0.15, -0.1) is 5.10 Å². The first-order valence-electron chi connectivity index (χ1n) is 9.31. The van der Waals surface area contributed by atoms with Gasteiger partial charge in [0.05, 0.1) is 28.1 Å². The van der Waals surface area contributed by atoms with E-state index in [1.807, 2.05) is 31.2 Å². The number of anilines is 1. The summed E-state index contributed by atoms with van der Waals surface area (Å²) in [5, 5.41) is 12.3. The third-order valence-corrected chi connectivity index (χ3v) is 5.44. The zero-order valence-electron chi connectivity index (χ0n) is 17.2. The molecule has 0 atom stereocenters. The number of nitrogens with two attached hydrogens (primary N) is 2. The van der Waals surface area contributed by atoms with Crippen LogP contribution in [0.3, 0.4) is 0 Å². The molecule has 2 aromatic carbocycles. The second kappa shape index (κ2) is 9.60. The van der Waals surface area contributed by atoms with Gasteiger partial charge in [-0.25, -0.2) is 4.98 Å². The fourth-order valence-electron chi connectivity index (χ4n) is 2.73. The van der Waals surface area contributed by atoms with Gasteiger partial charge in [0.25, 0.3) is 0 Å². The van der Waals surface area contributed by atoms with Gasteiger partial charge in [0.1, 0.15) is 0 Å². The lowest BCUT2D eigenvalue weighted by molar-refractivity contribution is -0.137. The van der Waals surface area contributed by atoms with E-state index in [4.69, 9.17) is 11.5 Å². The van der Waals surface area contributed by atoms with Crippen LogP contribution in [0.25, 0.3) is 11.1 Å². The lowest BCUT2D eigenvalue weighted by Crippen LogP contribution is -2.22. The van der Waals surface area contributed by atoms with Crippen molar-refractivity contribution in [2.24, 2.45) is 26.8 Å². The fourth-order valence-corrected chi connectivity index (χ4v) is 3.59. The third-order valence-electron chi connectivity index (χ3n) is 4.27. The first-order valence-corrected chi connectivity index (χ1v) is 10.1. The molecule has 5 N–H and O–H groups in total. The predicted molar refractivity (Wildman–Crippen MR) is 123 cm³/mol. The van der Waals surface area contributed by atoms with Crippen LogP contribution in [0.4, 0.5) is 18.3 Å². The molecule has 11 heteroatoms. The number of benzene rings is 2. The van der Waals surface area contributed by atoms with Crippen molar-refractivity contribution in [1.29, 1.82) is 0 Å². The molecule has 1 aromatic heterocycles. The van der Waals surface area contributed by atoms with E-state index in [9.17, 15) is 13.2 Å². The first-order chi connectivity index (χ1) is 15.1. The van der Waals surface area contributed by atoms with Crippen LogP contribution >= 0.6 is 11.3 Å². The second-order valence-electron chi connectivity index (χ2n) is 6.71. The molecule has 0 aliphatic rings. The molecule has 0 saturated carbocycles. The number of thiazole rings is 1. The van der Waals surface area contributed by atoms with Crippen LogP contribution in [0.5, 0.6) is 0 Å². The van der Waals surface area contributed by atoms with Crippen LogP contribution in [0.1, 0.15) is 28.6 Å².